The fourth-order valence-electron chi connectivity index (χ4n) is 2.27. The summed E-state index contributed by atoms with van der Waals surface area (Å²) in [4.78, 5) is 4.58. The Morgan fingerprint density at radius 2 is 1.95 bits per heavy atom. The van der Waals surface area contributed by atoms with Crippen molar-refractivity contribution >= 4 is 0 Å². The molecule has 1 aromatic heterocycles. The van der Waals surface area contributed by atoms with Crippen LogP contribution in [-0.2, 0) is 6.54 Å². The van der Waals surface area contributed by atoms with E-state index >= 15 is 0 Å². The average molecular weight is 278 g/mol. The number of nitrogens with one attached hydrogen (secondary N) is 1. The third kappa shape index (κ3) is 5.49. The Bertz CT molecular complexity index is 416. The van der Waals surface area contributed by atoms with Crippen molar-refractivity contribution < 1.29 is 4.74 Å². The van der Waals surface area contributed by atoms with Crippen LogP contribution in [0.15, 0.2) is 6.07 Å². The first-order valence-corrected chi connectivity index (χ1v) is 7.77. The summed E-state index contributed by atoms with van der Waals surface area (Å²) in [5, 5.41) is 3.46. The monoisotopic (exact) mass is 278 g/mol. The maximum Gasteiger partial charge on any atom is 0.218 e. The molecule has 1 rings (SSSR count). The molecule has 114 valence electrons. The van der Waals surface area contributed by atoms with Gasteiger partial charge in [-0.2, -0.15) is 0 Å². The molecule has 3 nitrogen and oxygen atoms in total. The van der Waals surface area contributed by atoms with Crippen molar-refractivity contribution in [3.05, 3.63) is 22.9 Å². The highest BCUT2D eigenvalue weighted by molar-refractivity contribution is 5.35. The molecule has 1 unspecified atom stereocenters. The predicted molar refractivity (Wildman–Crippen MR) is 85.3 cm³/mol. The molecule has 1 heterocycles. The molecule has 0 fully saturated rings. The van der Waals surface area contributed by atoms with Crippen LogP contribution in [0.1, 0.15) is 57.4 Å². The summed E-state index contributed by atoms with van der Waals surface area (Å²) >= 11 is 0. The molecule has 0 bridgehead atoms. The van der Waals surface area contributed by atoms with Crippen LogP contribution in [0.25, 0.3) is 0 Å². The molecule has 0 aliphatic rings. The number of pyridine rings is 1. The largest absolute Gasteiger partial charge is 0.477 e. The lowest BCUT2D eigenvalue weighted by Gasteiger charge is -2.18. The molecule has 0 aromatic carbocycles. The number of nitrogens with zero attached hydrogens (tertiary/aromatic N) is 1. The lowest BCUT2D eigenvalue weighted by atomic mass is 10.1. The van der Waals surface area contributed by atoms with Crippen molar-refractivity contribution in [2.45, 2.75) is 67.0 Å². The highest BCUT2D eigenvalue weighted by Gasteiger charge is 2.12. The Kier molecular flexibility index (Phi) is 7.00. The van der Waals surface area contributed by atoms with Gasteiger partial charge in [-0.25, -0.2) is 4.98 Å². The van der Waals surface area contributed by atoms with Crippen LogP contribution in [0, 0.1) is 19.8 Å². The van der Waals surface area contributed by atoms with Gasteiger partial charge < -0.3 is 10.1 Å². The minimum Gasteiger partial charge on any atom is -0.477 e. The Morgan fingerprint density at radius 3 is 2.55 bits per heavy atom. The third-order valence-electron chi connectivity index (χ3n) is 3.41. The summed E-state index contributed by atoms with van der Waals surface area (Å²) in [5.41, 5.74) is 3.46. The number of hydrogen-bond donors (Lipinski definition) is 1. The van der Waals surface area contributed by atoms with Gasteiger partial charge in [0.2, 0.25) is 5.88 Å². The van der Waals surface area contributed by atoms with Crippen molar-refractivity contribution in [3.63, 3.8) is 0 Å². The zero-order chi connectivity index (χ0) is 15.1. The van der Waals surface area contributed by atoms with Gasteiger partial charge in [0, 0.05) is 23.8 Å². The van der Waals surface area contributed by atoms with Gasteiger partial charge in [0.25, 0.3) is 0 Å². The van der Waals surface area contributed by atoms with Crippen molar-refractivity contribution in [2.75, 3.05) is 6.61 Å². The third-order valence-corrected chi connectivity index (χ3v) is 3.41. The highest BCUT2D eigenvalue weighted by Crippen LogP contribution is 2.22. The second-order valence-corrected chi connectivity index (χ2v) is 6.10. The average Bonchev–Trinajstić information content (AvgIpc) is 2.35. The van der Waals surface area contributed by atoms with Gasteiger partial charge in [-0.3, -0.25) is 0 Å². The topological polar surface area (TPSA) is 34.1 Å². The van der Waals surface area contributed by atoms with Crippen LogP contribution >= 0.6 is 0 Å². The summed E-state index contributed by atoms with van der Waals surface area (Å²) < 4.78 is 5.99. The molecular weight excluding hydrogens is 248 g/mol. The maximum absolute atomic E-state index is 5.99. The first-order chi connectivity index (χ1) is 9.43. The van der Waals surface area contributed by atoms with Gasteiger partial charge in [0.15, 0.2) is 0 Å². The molecule has 1 N–H and O–H groups in total. The second kappa shape index (κ2) is 8.25. The zero-order valence-electron chi connectivity index (χ0n) is 13.9. The lowest BCUT2D eigenvalue weighted by molar-refractivity contribution is 0.239. The molecule has 3 heteroatoms. The van der Waals surface area contributed by atoms with E-state index in [9.17, 15) is 0 Å². The SMILES string of the molecule is CCCC(C)COc1nc(C)cc(C)c1CNC(C)C. The molecular formula is C17H30N2O. The lowest BCUT2D eigenvalue weighted by Crippen LogP contribution is -2.23. The van der Waals surface area contributed by atoms with Crippen molar-refractivity contribution in [3.8, 4) is 5.88 Å². The van der Waals surface area contributed by atoms with E-state index in [0.29, 0.717) is 12.0 Å². The number of aryl methyl sites for hydroxylation is 2. The summed E-state index contributed by atoms with van der Waals surface area (Å²) in [6.45, 7) is 14.5. The van der Waals surface area contributed by atoms with Crippen LogP contribution < -0.4 is 10.1 Å². The molecule has 0 amide bonds. The molecule has 0 saturated carbocycles. The fraction of sp³-hybridized carbons (Fsp3) is 0.706. The number of rotatable bonds is 8. The predicted octanol–water partition coefficient (Wildman–Crippen LogP) is 4.01. The van der Waals surface area contributed by atoms with E-state index in [4.69, 9.17) is 4.74 Å². The van der Waals surface area contributed by atoms with Crippen molar-refractivity contribution in [1.29, 1.82) is 0 Å². The normalized spacial score (nSPS) is 12.8. The van der Waals surface area contributed by atoms with E-state index in [1.54, 1.807) is 0 Å². The van der Waals surface area contributed by atoms with Gasteiger partial charge in [0.1, 0.15) is 0 Å². The maximum atomic E-state index is 5.99. The molecule has 1 aromatic rings. The standard InChI is InChI=1S/C17H30N2O/c1-7-8-13(4)11-20-17-16(10-18-12(2)3)14(5)9-15(6)19-17/h9,12-13,18H,7-8,10-11H2,1-6H3. The number of aromatic nitrogens is 1. The van der Waals surface area contributed by atoms with Gasteiger partial charge >= 0.3 is 0 Å². The van der Waals surface area contributed by atoms with E-state index in [0.717, 1.165) is 24.7 Å². The van der Waals surface area contributed by atoms with Crippen LogP contribution in [-0.4, -0.2) is 17.6 Å². The van der Waals surface area contributed by atoms with Gasteiger partial charge in [-0.05, 0) is 37.8 Å². The van der Waals surface area contributed by atoms with Crippen LogP contribution in [0.3, 0.4) is 0 Å². The van der Waals surface area contributed by atoms with Crippen LogP contribution in [0.4, 0.5) is 0 Å². The molecule has 0 saturated heterocycles. The number of hydrogen-bond acceptors (Lipinski definition) is 3. The van der Waals surface area contributed by atoms with E-state index in [2.05, 4.69) is 51.0 Å². The van der Waals surface area contributed by atoms with E-state index in [-0.39, 0.29) is 0 Å². The van der Waals surface area contributed by atoms with Crippen LogP contribution in [0.5, 0.6) is 5.88 Å². The van der Waals surface area contributed by atoms with E-state index in [1.165, 1.54) is 24.0 Å². The molecule has 0 radical (unpaired) electrons. The first-order valence-electron chi connectivity index (χ1n) is 7.77. The summed E-state index contributed by atoms with van der Waals surface area (Å²) in [7, 11) is 0. The molecule has 0 aliphatic heterocycles. The zero-order valence-corrected chi connectivity index (χ0v) is 13.9. The molecule has 20 heavy (non-hydrogen) atoms. The fourth-order valence-corrected chi connectivity index (χ4v) is 2.27. The quantitative estimate of drug-likeness (QED) is 0.780. The van der Waals surface area contributed by atoms with Gasteiger partial charge in [0.05, 0.1) is 6.61 Å². The number of ether oxygens (including phenoxy) is 1. The first kappa shape index (κ1) is 17.0. The van der Waals surface area contributed by atoms with Gasteiger partial charge in [-0.15, -0.1) is 0 Å². The second-order valence-electron chi connectivity index (χ2n) is 6.10. The van der Waals surface area contributed by atoms with Crippen molar-refractivity contribution in [2.24, 2.45) is 5.92 Å². The smallest absolute Gasteiger partial charge is 0.218 e. The molecule has 0 aliphatic carbocycles. The Morgan fingerprint density at radius 1 is 1.25 bits per heavy atom. The minimum absolute atomic E-state index is 0.461. The molecule has 0 spiro atoms. The van der Waals surface area contributed by atoms with E-state index in [1.807, 2.05) is 6.92 Å². The van der Waals surface area contributed by atoms with Crippen molar-refractivity contribution in [1.82, 2.24) is 10.3 Å². The summed E-state index contributed by atoms with van der Waals surface area (Å²) in [6, 6.07) is 2.59. The van der Waals surface area contributed by atoms with Crippen LogP contribution in [0.2, 0.25) is 0 Å². The minimum atomic E-state index is 0.461. The van der Waals surface area contributed by atoms with E-state index < -0.39 is 0 Å². The Labute approximate surface area is 124 Å². The summed E-state index contributed by atoms with van der Waals surface area (Å²) in [5.74, 6) is 1.38. The Hall–Kier alpha value is -1.09. The Balaban J connectivity index is 2.80. The summed E-state index contributed by atoms with van der Waals surface area (Å²) in [6.07, 6.45) is 2.40. The highest BCUT2D eigenvalue weighted by atomic mass is 16.5. The molecule has 1 atom stereocenters. The van der Waals surface area contributed by atoms with Gasteiger partial charge in [-0.1, -0.05) is 34.1 Å².